The largest absolute Gasteiger partial charge is 0.497 e. The number of amides is 3. The first kappa shape index (κ1) is 20.5. The van der Waals surface area contributed by atoms with Crippen molar-refractivity contribution >= 4 is 46.8 Å². The Morgan fingerprint density at radius 1 is 1.23 bits per heavy atom. The smallest absolute Gasteiger partial charge is 0.318 e. The van der Waals surface area contributed by atoms with Gasteiger partial charge in [-0.25, -0.2) is 4.79 Å². The van der Waals surface area contributed by atoms with E-state index >= 15 is 0 Å². The SMILES string of the molecule is COc1ccc(CSc2nnc(S[C@H](C(=O)NC(N)=O)C(C)C)s2)cc1. The van der Waals surface area contributed by atoms with Crippen molar-refractivity contribution in [1.29, 1.82) is 0 Å². The summed E-state index contributed by atoms with van der Waals surface area (Å²) in [5.74, 6) is 1.18. The Balaban J connectivity index is 1.94. The summed E-state index contributed by atoms with van der Waals surface area (Å²) < 4.78 is 6.64. The minimum atomic E-state index is -0.853. The van der Waals surface area contributed by atoms with Gasteiger partial charge in [0.1, 0.15) is 5.75 Å². The number of nitrogens with zero attached hydrogens (tertiary/aromatic N) is 2. The van der Waals surface area contributed by atoms with E-state index in [0.29, 0.717) is 4.34 Å². The van der Waals surface area contributed by atoms with E-state index in [1.54, 1.807) is 18.9 Å². The highest BCUT2D eigenvalue weighted by Crippen LogP contribution is 2.34. The van der Waals surface area contributed by atoms with Gasteiger partial charge in [0, 0.05) is 5.75 Å². The molecule has 0 fully saturated rings. The molecule has 0 aliphatic heterocycles. The number of thioether (sulfide) groups is 2. The van der Waals surface area contributed by atoms with E-state index in [4.69, 9.17) is 10.5 Å². The zero-order valence-electron chi connectivity index (χ0n) is 14.6. The standard InChI is InChI=1S/C16H20N4O3S3/c1-9(2)12(13(21)18-14(17)22)25-16-20-19-15(26-16)24-8-10-4-6-11(23-3)7-5-10/h4-7,9,12H,8H2,1-3H3,(H3,17,18,21,22)/t12-/m0/s1. The van der Waals surface area contributed by atoms with Crippen LogP contribution in [0.5, 0.6) is 5.75 Å². The molecule has 2 aromatic rings. The van der Waals surface area contributed by atoms with Crippen LogP contribution in [0.4, 0.5) is 4.79 Å². The second-order valence-electron chi connectivity index (χ2n) is 5.61. The van der Waals surface area contributed by atoms with Crippen LogP contribution in [0.2, 0.25) is 0 Å². The fourth-order valence-corrected chi connectivity index (χ4v) is 5.15. The first-order chi connectivity index (χ1) is 12.4. The Bertz CT molecular complexity index is 749. The van der Waals surface area contributed by atoms with E-state index in [9.17, 15) is 9.59 Å². The lowest BCUT2D eigenvalue weighted by Crippen LogP contribution is -2.42. The molecular formula is C16H20N4O3S3. The summed E-state index contributed by atoms with van der Waals surface area (Å²) in [5.41, 5.74) is 6.18. The second kappa shape index (κ2) is 9.79. The maximum atomic E-state index is 12.1. The lowest BCUT2D eigenvalue weighted by Gasteiger charge is -2.16. The first-order valence-corrected chi connectivity index (χ1v) is 10.4. The number of urea groups is 1. The third-order valence-electron chi connectivity index (χ3n) is 3.25. The molecule has 0 radical (unpaired) electrons. The van der Waals surface area contributed by atoms with Crippen molar-refractivity contribution in [3.63, 3.8) is 0 Å². The molecule has 0 bridgehead atoms. The molecule has 3 amide bonds. The van der Waals surface area contributed by atoms with Crippen LogP contribution in [0.15, 0.2) is 32.9 Å². The number of hydrogen-bond acceptors (Lipinski definition) is 8. The van der Waals surface area contributed by atoms with E-state index in [-0.39, 0.29) is 5.92 Å². The molecule has 26 heavy (non-hydrogen) atoms. The molecule has 140 valence electrons. The third kappa shape index (κ3) is 6.19. The van der Waals surface area contributed by atoms with Gasteiger partial charge in [-0.2, -0.15) is 0 Å². The predicted octanol–water partition coefficient (Wildman–Crippen LogP) is 3.15. The van der Waals surface area contributed by atoms with Crippen molar-refractivity contribution < 1.29 is 14.3 Å². The van der Waals surface area contributed by atoms with E-state index in [2.05, 4.69) is 15.5 Å². The van der Waals surface area contributed by atoms with Crippen LogP contribution in [0, 0.1) is 5.92 Å². The summed E-state index contributed by atoms with van der Waals surface area (Å²) in [7, 11) is 1.64. The van der Waals surface area contributed by atoms with Gasteiger partial charge in [-0.15, -0.1) is 10.2 Å². The molecule has 0 aliphatic rings. The number of benzene rings is 1. The lowest BCUT2D eigenvalue weighted by atomic mass is 10.1. The van der Waals surface area contributed by atoms with Crippen LogP contribution in [0.1, 0.15) is 19.4 Å². The van der Waals surface area contributed by atoms with Gasteiger partial charge < -0.3 is 10.5 Å². The summed E-state index contributed by atoms with van der Waals surface area (Å²) in [5, 5.41) is 9.96. The molecule has 1 heterocycles. The van der Waals surface area contributed by atoms with E-state index < -0.39 is 17.2 Å². The average molecular weight is 413 g/mol. The Hall–Kier alpha value is -1.78. The van der Waals surface area contributed by atoms with Gasteiger partial charge >= 0.3 is 6.03 Å². The molecule has 1 aromatic carbocycles. The maximum Gasteiger partial charge on any atom is 0.318 e. The highest BCUT2D eigenvalue weighted by Gasteiger charge is 2.26. The molecule has 10 heteroatoms. The molecule has 0 saturated carbocycles. The minimum Gasteiger partial charge on any atom is -0.497 e. The van der Waals surface area contributed by atoms with Crippen LogP contribution >= 0.6 is 34.9 Å². The molecule has 2 rings (SSSR count). The zero-order valence-corrected chi connectivity index (χ0v) is 17.0. The van der Waals surface area contributed by atoms with Crippen molar-refractivity contribution in [1.82, 2.24) is 15.5 Å². The Kier molecular flexibility index (Phi) is 7.73. The number of imide groups is 1. The number of hydrogen-bond donors (Lipinski definition) is 2. The summed E-state index contributed by atoms with van der Waals surface area (Å²) in [4.78, 5) is 23.0. The normalized spacial score (nSPS) is 12.0. The van der Waals surface area contributed by atoms with E-state index in [0.717, 1.165) is 21.4 Å². The van der Waals surface area contributed by atoms with Crippen LogP contribution < -0.4 is 15.8 Å². The summed E-state index contributed by atoms with van der Waals surface area (Å²) in [6, 6.07) is 7.00. The predicted molar refractivity (Wildman–Crippen MR) is 105 cm³/mol. The molecule has 0 spiro atoms. The van der Waals surface area contributed by atoms with Crippen LogP contribution in [0.3, 0.4) is 0 Å². The number of ether oxygens (including phenoxy) is 1. The van der Waals surface area contributed by atoms with Crippen molar-refractivity contribution in [2.45, 2.75) is 33.5 Å². The summed E-state index contributed by atoms with van der Waals surface area (Å²) in [6.45, 7) is 3.80. The molecule has 1 atom stereocenters. The fourth-order valence-electron chi connectivity index (χ4n) is 1.96. The Morgan fingerprint density at radius 2 is 1.88 bits per heavy atom. The zero-order chi connectivity index (χ0) is 19.1. The highest BCUT2D eigenvalue weighted by molar-refractivity contribution is 8.03. The topological polar surface area (TPSA) is 107 Å². The molecule has 7 nitrogen and oxygen atoms in total. The third-order valence-corrected chi connectivity index (χ3v) is 7.00. The van der Waals surface area contributed by atoms with Gasteiger partial charge in [0.15, 0.2) is 8.68 Å². The molecule has 0 saturated heterocycles. The lowest BCUT2D eigenvalue weighted by molar-refractivity contribution is -0.120. The van der Waals surface area contributed by atoms with Gasteiger partial charge in [-0.1, -0.05) is 60.8 Å². The molecule has 0 aliphatic carbocycles. The first-order valence-electron chi connectivity index (χ1n) is 7.75. The van der Waals surface area contributed by atoms with E-state index in [1.807, 2.05) is 38.1 Å². The van der Waals surface area contributed by atoms with Gasteiger partial charge in [0.25, 0.3) is 0 Å². The van der Waals surface area contributed by atoms with Gasteiger partial charge in [0.2, 0.25) is 5.91 Å². The quantitative estimate of drug-likeness (QED) is 0.641. The molecule has 0 unspecified atom stereocenters. The summed E-state index contributed by atoms with van der Waals surface area (Å²) >= 11 is 4.29. The average Bonchev–Trinajstić information content (AvgIpc) is 3.05. The van der Waals surface area contributed by atoms with Crippen LogP contribution in [0.25, 0.3) is 0 Å². The number of rotatable bonds is 8. The molecule has 3 N–H and O–H groups in total. The Morgan fingerprint density at radius 3 is 2.46 bits per heavy atom. The second-order valence-corrected chi connectivity index (χ2v) is 9.20. The molecular weight excluding hydrogens is 392 g/mol. The van der Waals surface area contributed by atoms with Gasteiger partial charge in [-0.3, -0.25) is 10.1 Å². The van der Waals surface area contributed by atoms with Crippen molar-refractivity contribution in [3.8, 4) is 5.75 Å². The Labute approximate surface area is 164 Å². The molecule has 1 aromatic heterocycles. The van der Waals surface area contributed by atoms with Gasteiger partial charge in [0.05, 0.1) is 12.4 Å². The van der Waals surface area contributed by atoms with Crippen molar-refractivity contribution in [3.05, 3.63) is 29.8 Å². The number of carbonyl (C=O) groups excluding carboxylic acids is 2. The highest BCUT2D eigenvalue weighted by atomic mass is 32.2. The van der Waals surface area contributed by atoms with Crippen molar-refractivity contribution in [2.75, 3.05) is 7.11 Å². The van der Waals surface area contributed by atoms with E-state index in [1.165, 1.54) is 23.1 Å². The number of carbonyl (C=O) groups is 2. The van der Waals surface area contributed by atoms with Gasteiger partial charge in [-0.05, 0) is 23.6 Å². The number of primary amides is 1. The number of methoxy groups -OCH3 is 1. The monoisotopic (exact) mass is 412 g/mol. The maximum absolute atomic E-state index is 12.1. The number of nitrogens with one attached hydrogen (secondary N) is 1. The summed E-state index contributed by atoms with van der Waals surface area (Å²) in [6.07, 6.45) is 0. The fraction of sp³-hybridized carbons (Fsp3) is 0.375. The van der Waals surface area contributed by atoms with Crippen LogP contribution in [-0.4, -0.2) is 34.5 Å². The number of aromatic nitrogens is 2. The van der Waals surface area contributed by atoms with Crippen LogP contribution in [-0.2, 0) is 10.5 Å². The minimum absolute atomic E-state index is 0.0126. The number of nitrogens with two attached hydrogens (primary N) is 1. The van der Waals surface area contributed by atoms with Crippen molar-refractivity contribution in [2.24, 2.45) is 11.7 Å².